The van der Waals surface area contributed by atoms with Crippen LogP contribution in [-0.2, 0) is 11.3 Å². The Hall–Kier alpha value is -2.26. The van der Waals surface area contributed by atoms with E-state index >= 15 is 0 Å². The molecule has 2 aromatic rings. The van der Waals surface area contributed by atoms with Crippen LogP contribution < -0.4 is 14.8 Å². The third-order valence-electron chi connectivity index (χ3n) is 3.25. The third kappa shape index (κ3) is 4.14. The molecule has 8 nitrogen and oxygen atoms in total. The monoisotopic (exact) mass is 335 g/mol. The number of amides is 1. The Bertz CT molecular complexity index is 687. The maximum Gasteiger partial charge on any atom is 0.223 e. The van der Waals surface area contributed by atoms with Crippen molar-refractivity contribution in [2.45, 2.75) is 19.6 Å². The predicted molar refractivity (Wildman–Crippen MR) is 84.7 cm³/mol. The minimum atomic E-state index is -0.108. The number of hydrogen-bond donors (Lipinski definition) is 1. The number of nitrogens with zero attached hydrogens (tertiary/aromatic N) is 4. The molecule has 3 heterocycles. The summed E-state index contributed by atoms with van der Waals surface area (Å²) in [6.07, 6.45) is 3.32. The average molecular weight is 335 g/mol. The molecule has 0 radical (unpaired) electrons. The first-order valence-corrected chi connectivity index (χ1v) is 7.91. The molecule has 1 aliphatic rings. The number of carbonyl (C=O) groups excluding carboxylic acids is 1. The summed E-state index contributed by atoms with van der Waals surface area (Å²) in [5.41, 5.74) is 0. The van der Waals surface area contributed by atoms with Crippen LogP contribution in [0.3, 0.4) is 0 Å². The van der Waals surface area contributed by atoms with Gasteiger partial charge in [0.05, 0.1) is 13.2 Å². The van der Waals surface area contributed by atoms with Gasteiger partial charge in [-0.15, -0.1) is 11.3 Å². The van der Waals surface area contributed by atoms with Crippen LogP contribution in [0.25, 0.3) is 0 Å². The number of aromatic nitrogens is 3. The van der Waals surface area contributed by atoms with Gasteiger partial charge in [-0.2, -0.15) is 0 Å². The van der Waals surface area contributed by atoms with E-state index in [4.69, 9.17) is 9.47 Å². The second kappa shape index (κ2) is 6.88. The Morgan fingerprint density at radius 3 is 2.91 bits per heavy atom. The summed E-state index contributed by atoms with van der Waals surface area (Å²) in [6.45, 7) is 3.91. The fourth-order valence-electron chi connectivity index (χ4n) is 2.21. The maximum atomic E-state index is 11.0. The third-order valence-corrected chi connectivity index (χ3v) is 4.15. The molecule has 3 rings (SSSR count). The van der Waals surface area contributed by atoms with E-state index in [0.717, 1.165) is 24.5 Å². The van der Waals surface area contributed by atoms with Crippen molar-refractivity contribution >= 4 is 22.4 Å². The molecule has 0 spiro atoms. The van der Waals surface area contributed by atoms with Crippen LogP contribution in [0.4, 0.5) is 5.13 Å². The minimum Gasteiger partial charge on any atom is -0.481 e. The van der Waals surface area contributed by atoms with Gasteiger partial charge < -0.3 is 14.8 Å². The summed E-state index contributed by atoms with van der Waals surface area (Å²) in [5, 5.41) is 3.32. The summed E-state index contributed by atoms with van der Waals surface area (Å²) in [6, 6.07) is 1.67. The summed E-state index contributed by atoms with van der Waals surface area (Å²) in [7, 11) is 1.56. The van der Waals surface area contributed by atoms with E-state index in [2.05, 4.69) is 25.2 Å². The summed E-state index contributed by atoms with van der Waals surface area (Å²) in [4.78, 5) is 26.5. The topological polar surface area (TPSA) is 89.5 Å². The van der Waals surface area contributed by atoms with Crippen LogP contribution in [0, 0.1) is 0 Å². The molecule has 0 bridgehead atoms. The molecular formula is C14H17N5O3S. The van der Waals surface area contributed by atoms with Gasteiger partial charge in [-0.05, 0) is 0 Å². The Balaban J connectivity index is 1.45. The Labute approximate surface area is 137 Å². The smallest absolute Gasteiger partial charge is 0.223 e. The fourth-order valence-corrected chi connectivity index (χ4v) is 3.11. The zero-order valence-corrected chi connectivity index (χ0v) is 13.7. The van der Waals surface area contributed by atoms with Crippen molar-refractivity contribution in [1.82, 2.24) is 19.9 Å². The summed E-state index contributed by atoms with van der Waals surface area (Å²) < 4.78 is 10.8. The number of hydrogen-bond acceptors (Lipinski definition) is 8. The van der Waals surface area contributed by atoms with Crippen LogP contribution in [-0.4, -0.2) is 52.1 Å². The van der Waals surface area contributed by atoms with Gasteiger partial charge in [0.1, 0.15) is 12.4 Å². The highest BCUT2D eigenvalue weighted by atomic mass is 32.1. The molecule has 0 unspecified atom stereocenters. The SMILES string of the molecule is COc1cc(OC2CN(Cc3cnc(NC(C)=O)s3)C2)ncn1. The van der Waals surface area contributed by atoms with Crippen LogP contribution in [0.5, 0.6) is 11.8 Å². The van der Waals surface area contributed by atoms with Crippen molar-refractivity contribution in [3.8, 4) is 11.8 Å². The quantitative estimate of drug-likeness (QED) is 0.847. The lowest BCUT2D eigenvalue weighted by Crippen LogP contribution is -2.53. The maximum absolute atomic E-state index is 11.0. The molecule has 122 valence electrons. The molecule has 1 N–H and O–H groups in total. The molecule has 0 aromatic carbocycles. The number of methoxy groups -OCH3 is 1. The number of anilines is 1. The van der Waals surface area contributed by atoms with Gasteiger partial charge in [-0.25, -0.2) is 15.0 Å². The van der Waals surface area contributed by atoms with Gasteiger partial charge in [0.15, 0.2) is 5.13 Å². The lowest BCUT2D eigenvalue weighted by molar-refractivity contribution is -0.114. The van der Waals surface area contributed by atoms with E-state index < -0.39 is 0 Å². The molecule has 0 aliphatic carbocycles. The second-order valence-electron chi connectivity index (χ2n) is 5.15. The van der Waals surface area contributed by atoms with Gasteiger partial charge in [0.2, 0.25) is 17.7 Å². The largest absolute Gasteiger partial charge is 0.481 e. The molecule has 0 atom stereocenters. The number of likely N-dealkylation sites (tertiary alicyclic amines) is 1. The van der Waals surface area contributed by atoms with E-state index in [9.17, 15) is 4.79 Å². The highest BCUT2D eigenvalue weighted by molar-refractivity contribution is 7.15. The van der Waals surface area contributed by atoms with Crippen molar-refractivity contribution < 1.29 is 14.3 Å². The summed E-state index contributed by atoms with van der Waals surface area (Å²) >= 11 is 1.49. The summed E-state index contributed by atoms with van der Waals surface area (Å²) in [5.74, 6) is 0.900. The molecule has 1 saturated heterocycles. The van der Waals surface area contributed by atoms with E-state index in [1.807, 2.05) is 0 Å². The van der Waals surface area contributed by atoms with Gasteiger partial charge in [-0.1, -0.05) is 0 Å². The standard InChI is InChI=1S/C14H17N5O3S/c1-9(20)18-14-15-4-11(23-14)7-19-5-10(6-19)22-13-3-12(21-2)16-8-17-13/h3-4,8,10H,5-7H2,1-2H3,(H,15,18,20). The highest BCUT2D eigenvalue weighted by Crippen LogP contribution is 2.24. The van der Waals surface area contributed by atoms with Gasteiger partial charge >= 0.3 is 0 Å². The number of rotatable bonds is 6. The van der Waals surface area contributed by atoms with Crippen molar-refractivity contribution in [3.05, 3.63) is 23.5 Å². The van der Waals surface area contributed by atoms with Crippen molar-refractivity contribution in [2.75, 3.05) is 25.5 Å². The van der Waals surface area contributed by atoms with Crippen molar-refractivity contribution in [3.63, 3.8) is 0 Å². The first-order chi connectivity index (χ1) is 11.1. The molecule has 1 aliphatic heterocycles. The average Bonchev–Trinajstić information content (AvgIpc) is 2.91. The molecular weight excluding hydrogens is 318 g/mol. The molecule has 9 heteroatoms. The van der Waals surface area contributed by atoms with E-state index in [-0.39, 0.29) is 12.0 Å². The van der Waals surface area contributed by atoms with Gasteiger partial charge in [-0.3, -0.25) is 9.69 Å². The Kier molecular flexibility index (Phi) is 4.68. The van der Waals surface area contributed by atoms with Crippen LogP contribution >= 0.6 is 11.3 Å². The number of ether oxygens (including phenoxy) is 2. The minimum absolute atomic E-state index is 0.108. The number of thiazole rings is 1. The molecule has 1 fully saturated rings. The first-order valence-electron chi connectivity index (χ1n) is 7.09. The van der Waals surface area contributed by atoms with E-state index in [1.165, 1.54) is 24.6 Å². The van der Waals surface area contributed by atoms with Crippen LogP contribution in [0.2, 0.25) is 0 Å². The second-order valence-corrected chi connectivity index (χ2v) is 6.26. The molecule has 1 amide bonds. The van der Waals surface area contributed by atoms with E-state index in [0.29, 0.717) is 16.9 Å². The van der Waals surface area contributed by atoms with Crippen molar-refractivity contribution in [1.29, 1.82) is 0 Å². The lowest BCUT2D eigenvalue weighted by Gasteiger charge is -2.38. The normalized spacial score (nSPS) is 15.0. The first kappa shape index (κ1) is 15.6. The fraction of sp³-hybridized carbons (Fsp3) is 0.429. The van der Waals surface area contributed by atoms with Crippen molar-refractivity contribution in [2.24, 2.45) is 0 Å². The Morgan fingerprint density at radius 2 is 2.17 bits per heavy atom. The lowest BCUT2D eigenvalue weighted by atomic mass is 10.1. The van der Waals surface area contributed by atoms with Crippen LogP contribution in [0.1, 0.15) is 11.8 Å². The predicted octanol–water partition coefficient (Wildman–Crippen LogP) is 1.16. The molecule has 2 aromatic heterocycles. The van der Waals surface area contributed by atoms with Gasteiger partial charge in [0, 0.05) is 37.6 Å². The van der Waals surface area contributed by atoms with Crippen LogP contribution in [0.15, 0.2) is 18.6 Å². The van der Waals surface area contributed by atoms with Gasteiger partial charge in [0.25, 0.3) is 0 Å². The van der Waals surface area contributed by atoms with E-state index in [1.54, 1.807) is 19.4 Å². The zero-order chi connectivity index (χ0) is 16.2. The Morgan fingerprint density at radius 1 is 1.39 bits per heavy atom. The highest BCUT2D eigenvalue weighted by Gasteiger charge is 2.29. The molecule has 0 saturated carbocycles. The zero-order valence-electron chi connectivity index (χ0n) is 12.9. The molecule has 23 heavy (non-hydrogen) atoms. The number of carbonyl (C=O) groups is 1. The number of nitrogens with one attached hydrogen (secondary N) is 1.